The molecule has 2 rings (SSSR count). The summed E-state index contributed by atoms with van der Waals surface area (Å²) in [5.41, 5.74) is 1.57. The third kappa shape index (κ3) is 3.33. The van der Waals surface area contributed by atoms with Crippen LogP contribution in [0.3, 0.4) is 0 Å². The van der Waals surface area contributed by atoms with Crippen LogP contribution >= 0.6 is 11.3 Å². The molecule has 0 spiro atoms. The Morgan fingerprint density at radius 3 is 2.70 bits per heavy atom. The average Bonchev–Trinajstić information content (AvgIpc) is 2.86. The van der Waals surface area contributed by atoms with E-state index in [4.69, 9.17) is 5.26 Å². The minimum atomic E-state index is -0.147. The molecule has 0 bridgehead atoms. The van der Waals surface area contributed by atoms with E-state index in [0.717, 1.165) is 5.69 Å². The quantitative estimate of drug-likeness (QED) is 0.869. The first-order valence-electron chi connectivity index (χ1n) is 6.04. The summed E-state index contributed by atoms with van der Waals surface area (Å²) in [6, 6.07) is 7.63. The van der Waals surface area contributed by atoms with Crippen molar-refractivity contribution >= 4 is 27.9 Å². The van der Waals surface area contributed by atoms with E-state index < -0.39 is 0 Å². The molecule has 102 valence electrons. The summed E-state index contributed by atoms with van der Waals surface area (Å²) in [5.74, 6) is -0.147. The summed E-state index contributed by atoms with van der Waals surface area (Å²) in [5, 5.41) is 14.0. The van der Waals surface area contributed by atoms with Gasteiger partial charge in [-0.05, 0) is 11.4 Å². The molecule has 1 amide bonds. The number of rotatable bonds is 4. The first kappa shape index (κ1) is 14.0. The summed E-state index contributed by atoms with van der Waals surface area (Å²) < 4.78 is 1.79. The third-order valence-corrected chi connectivity index (χ3v) is 3.58. The Morgan fingerprint density at radius 1 is 1.40 bits per heavy atom. The maximum absolute atomic E-state index is 11.9. The molecule has 0 unspecified atom stereocenters. The van der Waals surface area contributed by atoms with Crippen molar-refractivity contribution < 1.29 is 9.36 Å². The molecular weight excluding hydrogens is 272 g/mol. The summed E-state index contributed by atoms with van der Waals surface area (Å²) in [6.45, 7) is 0.219. The van der Waals surface area contributed by atoms with E-state index >= 15 is 0 Å². The topological polar surface area (TPSA) is 60.0 Å². The molecule has 0 saturated heterocycles. The molecule has 0 saturated carbocycles. The smallest absolute Gasteiger partial charge is 0.290 e. The lowest BCUT2D eigenvalue weighted by molar-refractivity contribution is -0.684. The van der Waals surface area contributed by atoms with Crippen molar-refractivity contribution in [2.45, 2.75) is 6.54 Å². The van der Waals surface area contributed by atoms with Gasteiger partial charge in [-0.3, -0.25) is 4.79 Å². The molecule has 2 aromatic heterocycles. The van der Waals surface area contributed by atoms with Crippen molar-refractivity contribution in [2.24, 2.45) is 0 Å². The van der Waals surface area contributed by atoms with Crippen molar-refractivity contribution in [2.75, 3.05) is 24.3 Å². The fourth-order valence-electron chi connectivity index (χ4n) is 1.68. The lowest BCUT2D eigenvalue weighted by Gasteiger charge is -2.10. The maximum atomic E-state index is 11.9. The highest BCUT2D eigenvalue weighted by Crippen LogP contribution is 2.21. The molecule has 0 fully saturated rings. The zero-order valence-electron chi connectivity index (χ0n) is 11.3. The van der Waals surface area contributed by atoms with Gasteiger partial charge in [-0.1, -0.05) is 0 Å². The normalized spacial score (nSPS) is 9.85. The van der Waals surface area contributed by atoms with Crippen LogP contribution in [0.25, 0.3) is 0 Å². The number of nitriles is 1. The molecule has 2 heterocycles. The van der Waals surface area contributed by atoms with E-state index in [-0.39, 0.29) is 12.5 Å². The van der Waals surface area contributed by atoms with Crippen molar-refractivity contribution in [3.63, 3.8) is 0 Å². The average molecular weight is 287 g/mol. The molecule has 0 aromatic carbocycles. The number of pyridine rings is 1. The van der Waals surface area contributed by atoms with Gasteiger partial charge in [0.25, 0.3) is 5.91 Å². The number of hydrogen-bond donors (Lipinski definition) is 1. The second-order valence-electron chi connectivity index (χ2n) is 4.45. The largest absolute Gasteiger partial charge is 0.377 e. The van der Waals surface area contributed by atoms with Crippen LogP contribution in [-0.4, -0.2) is 20.0 Å². The highest BCUT2D eigenvalue weighted by atomic mass is 32.1. The van der Waals surface area contributed by atoms with Crippen LogP contribution in [0.15, 0.2) is 36.0 Å². The van der Waals surface area contributed by atoms with Crippen LogP contribution in [0.1, 0.15) is 5.56 Å². The second-order valence-corrected chi connectivity index (χ2v) is 5.36. The summed E-state index contributed by atoms with van der Waals surface area (Å²) >= 11 is 1.35. The summed E-state index contributed by atoms with van der Waals surface area (Å²) in [4.78, 5) is 13.9. The minimum Gasteiger partial charge on any atom is -0.377 e. The fourth-order valence-corrected chi connectivity index (χ4v) is 2.43. The predicted molar refractivity (Wildman–Crippen MR) is 78.6 cm³/mol. The number of thiophene rings is 1. The molecule has 1 N–H and O–H groups in total. The van der Waals surface area contributed by atoms with E-state index in [1.807, 2.05) is 49.6 Å². The van der Waals surface area contributed by atoms with Gasteiger partial charge in [0.2, 0.25) is 6.54 Å². The molecular formula is C14H15N4OS+. The number of carbonyl (C=O) groups excluding carboxylic acids is 1. The Labute approximate surface area is 121 Å². The third-order valence-electron chi connectivity index (χ3n) is 2.75. The molecule has 20 heavy (non-hydrogen) atoms. The Bertz CT molecular complexity index is 640. The first-order valence-corrected chi connectivity index (χ1v) is 6.92. The van der Waals surface area contributed by atoms with Gasteiger partial charge in [0.05, 0.1) is 5.56 Å². The van der Waals surface area contributed by atoms with Gasteiger partial charge >= 0.3 is 0 Å². The standard InChI is InChI=1S/C14H14N4OS/c1-17(2)12-3-6-18(7-4-12)10-13(19)16-14-11(9-15)5-8-20-14/h3-8H,10H2,1-2H3/p+1. The highest BCUT2D eigenvalue weighted by molar-refractivity contribution is 7.14. The molecule has 2 aromatic rings. The van der Waals surface area contributed by atoms with E-state index in [2.05, 4.69) is 5.32 Å². The first-order chi connectivity index (χ1) is 9.60. The van der Waals surface area contributed by atoms with Gasteiger partial charge in [0.1, 0.15) is 11.1 Å². The van der Waals surface area contributed by atoms with Gasteiger partial charge in [0, 0.05) is 31.9 Å². The minimum absolute atomic E-state index is 0.147. The van der Waals surface area contributed by atoms with Crippen LogP contribution in [0.4, 0.5) is 10.7 Å². The molecule has 6 heteroatoms. The zero-order valence-corrected chi connectivity index (χ0v) is 12.1. The van der Waals surface area contributed by atoms with E-state index in [0.29, 0.717) is 10.6 Å². The van der Waals surface area contributed by atoms with E-state index in [1.165, 1.54) is 11.3 Å². The van der Waals surface area contributed by atoms with Crippen molar-refractivity contribution in [1.29, 1.82) is 5.26 Å². The number of amides is 1. The van der Waals surface area contributed by atoms with Crippen LogP contribution in [-0.2, 0) is 11.3 Å². The van der Waals surface area contributed by atoms with Gasteiger partial charge < -0.3 is 10.2 Å². The lowest BCUT2D eigenvalue weighted by Crippen LogP contribution is -2.39. The number of hydrogen-bond acceptors (Lipinski definition) is 4. The maximum Gasteiger partial charge on any atom is 0.290 e. The summed E-state index contributed by atoms with van der Waals surface area (Å²) in [7, 11) is 3.93. The van der Waals surface area contributed by atoms with Gasteiger partial charge in [-0.2, -0.15) is 9.83 Å². The fraction of sp³-hybridized carbons (Fsp3) is 0.214. The van der Waals surface area contributed by atoms with Crippen LogP contribution in [0.2, 0.25) is 0 Å². The summed E-state index contributed by atoms with van der Waals surface area (Å²) in [6.07, 6.45) is 3.71. The van der Waals surface area contributed by atoms with Gasteiger partial charge in [-0.15, -0.1) is 11.3 Å². The predicted octanol–water partition coefficient (Wildman–Crippen LogP) is 1.61. The number of anilines is 2. The number of nitrogens with one attached hydrogen (secondary N) is 1. The van der Waals surface area contributed by atoms with Crippen LogP contribution in [0, 0.1) is 11.3 Å². The lowest BCUT2D eigenvalue weighted by atomic mass is 10.3. The molecule has 0 aliphatic rings. The molecule has 0 aliphatic heterocycles. The number of carbonyl (C=O) groups is 1. The van der Waals surface area contributed by atoms with Crippen molar-refractivity contribution in [3.05, 3.63) is 41.5 Å². The van der Waals surface area contributed by atoms with Crippen molar-refractivity contribution in [3.8, 4) is 6.07 Å². The Hall–Kier alpha value is -2.39. The van der Waals surface area contributed by atoms with Gasteiger partial charge in [0.15, 0.2) is 12.4 Å². The number of aromatic nitrogens is 1. The number of nitrogens with zero attached hydrogens (tertiary/aromatic N) is 3. The Kier molecular flexibility index (Phi) is 4.33. The second kappa shape index (κ2) is 6.17. The molecule has 5 nitrogen and oxygen atoms in total. The molecule has 0 aliphatic carbocycles. The Balaban J connectivity index is 2.00. The highest BCUT2D eigenvalue weighted by Gasteiger charge is 2.12. The van der Waals surface area contributed by atoms with E-state index in [9.17, 15) is 4.79 Å². The molecule has 0 radical (unpaired) electrons. The van der Waals surface area contributed by atoms with Crippen LogP contribution in [0.5, 0.6) is 0 Å². The van der Waals surface area contributed by atoms with E-state index in [1.54, 1.807) is 16.0 Å². The SMILES string of the molecule is CN(C)c1cc[n+](CC(=O)Nc2sccc2C#N)cc1. The van der Waals surface area contributed by atoms with Crippen molar-refractivity contribution in [1.82, 2.24) is 0 Å². The molecule has 0 atom stereocenters. The zero-order chi connectivity index (χ0) is 14.5. The van der Waals surface area contributed by atoms with Gasteiger partial charge in [-0.25, -0.2) is 0 Å². The van der Waals surface area contributed by atoms with Crippen LogP contribution < -0.4 is 14.8 Å². The monoisotopic (exact) mass is 287 g/mol. The Morgan fingerprint density at radius 2 is 2.10 bits per heavy atom.